The maximum atomic E-state index is 6.18. The van der Waals surface area contributed by atoms with E-state index in [0.717, 1.165) is 25.7 Å². The molecule has 0 bridgehead atoms. The van der Waals surface area contributed by atoms with Crippen molar-refractivity contribution < 1.29 is 9.47 Å². The number of hydrogen-bond acceptors (Lipinski definition) is 3. The number of rotatable bonds is 6. The molecule has 4 unspecified atom stereocenters. The van der Waals surface area contributed by atoms with Crippen LogP contribution in [0.3, 0.4) is 0 Å². The van der Waals surface area contributed by atoms with Gasteiger partial charge in [0.25, 0.3) is 0 Å². The monoisotopic (exact) mass is 255 g/mol. The molecule has 106 valence electrons. The third-order valence-corrected chi connectivity index (χ3v) is 4.46. The first-order valence-electron chi connectivity index (χ1n) is 7.80. The first kappa shape index (κ1) is 14.3. The van der Waals surface area contributed by atoms with Gasteiger partial charge in [0.15, 0.2) is 0 Å². The third kappa shape index (κ3) is 3.94. The summed E-state index contributed by atoms with van der Waals surface area (Å²) in [6.07, 6.45) is 8.26. The minimum Gasteiger partial charge on any atom is -0.376 e. The van der Waals surface area contributed by atoms with E-state index in [9.17, 15) is 0 Å². The molecule has 0 spiro atoms. The van der Waals surface area contributed by atoms with Crippen LogP contribution in [0.4, 0.5) is 0 Å². The van der Waals surface area contributed by atoms with Crippen LogP contribution in [0.15, 0.2) is 0 Å². The van der Waals surface area contributed by atoms with Gasteiger partial charge in [0.05, 0.1) is 18.8 Å². The van der Waals surface area contributed by atoms with Crippen LogP contribution < -0.4 is 5.32 Å². The molecule has 18 heavy (non-hydrogen) atoms. The molecule has 0 radical (unpaired) electrons. The van der Waals surface area contributed by atoms with E-state index in [-0.39, 0.29) is 0 Å². The summed E-state index contributed by atoms with van der Waals surface area (Å²) in [7, 11) is 0. The summed E-state index contributed by atoms with van der Waals surface area (Å²) in [4.78, 5) is 0. The molecule has 1 heterocycles. The second-order valence-electron chi connectivity index (χ2n) is 5.76. The molecule has 3 nitrogen and oxygen atoms in total. The topological polar surface area (TPSA) is 30.5 Å². The summed E-state index contributed by atoms with van der Waals surface area (Å²) in [6.45, 7) is 7.25. The zero-order valence-electron chi connectivity index (χ0n) is 12.0. The van der Waals surface area contributed by atoms with Crippen LogP contribution >= 0.6 is 0 Å². The molecule has 4 atom stereocenters. The fraction of sp³-hybridized carbons (Fsp3) is 1.00. The molecule has 0 aromatic heterocycles. The van der Waals surface area contributed by atoms with E-state index in [4.69, 9.17) is 9.47 Å². The Hall–Kier alpha value is -0.120. The summed E-state index contributed by atoms with van der Waals surface area (Å²) in [5.41, 5.74) is 0. The fourth-order valence-electron chi connectivity index (χ4n) is 3.27. The lowest BCUT2D eigenvalue weighted by molar-refractivity contribution is -0.0539. The van der Waals surface area contributed by atoms with E-state index in [1.165, 1.54) is 38.5 Å². The Morgan fingerprint density at radius 3 is 2.78 bits per heavy atom. The van der Waals surface area contributed by atoms with E-state index < -0.39 is 0 Å². The van der Waals surface area contributed by atoms with Crippen molar-refractivity contribution in [2.75, 3.05) is 19.8 Å². The van der Waals surface area contributed by atoms with Crippen molar-refractivity contribution in [1.29, 1.82) is 0 Å². The lowest BCUT2D eigenvalue weighted by atomic mass is 9.82. The van der Waals surface area contributed by atoms with Crippen LogP contribution in [0.2, 0.25) is 0 Å². The van der Waals surface area contributed by atoms with Crippen LogP contribution in [0.5, 0.6) is 0 Å². The van der Waals surface area contributed by atoms with E-state index in [1.54, 1.807) is 0 Å². The van der Waals surface area contributed by atoms with E-state index in [1.807, 2.05) is 0 Å². The molecule has 2 aliphatic rings. The molecule has 0 aromatic rings. The summed E-state index contributed by atoms with van der Waals surface area (Å²) in [5.74, 6) is 0.856. The number of hydrogen-bond donors (Lipinski definition) is 1. The first-order chi connectivity index (χ1) is 8.83. The molecule has 1 aliphatic heterocycles. The Labute approximate surface area is 112 Å². The molecule has 0 aromatic carbocycles. The Bertz CT molecular complexity index is 229. The first-order valence-corrected chi connectivity index (χ1v) is 7.80. The van der Waals surface area contributed by atoms with Gasteiger partial charge in [0.1, 0.15) is 0 Å². The fourth-order valence-corrected chi connectivity index (χ4v) is 3.27. The van der Waals surface area contributed by atoms with Gasteiger partial charge in [0, 0.05) is 12.6 Å². The van der Waals surface area contributed by atoms with Crippen molar-refractivity contribution in [3.05, 3.63) is 0 Å². The van der Waals surface area contributed by atoms with Gasteiger partial charge in [-0.1, -0.05) is 20.3 Å². The molecule has 3 heteroatoms. The van der Waals surface area contributed by atoms with Gasteiger partial charge in [-0.3, -0.25) is 0 Å². The third-order valence-electron chi connectivity index (χ3n) is 4.46. The highest BCUT2D eigenvalue weighted by Gasteiger charge is 2.30. The Morgan fingerprint density at radius 2 is 2.11 bits per heavy atom. The highest BCUT2D eigenvalue weighted by atomic mass is 16.5. The van der Waals surface area contributed by atoms with Gasteiger partial charge in [0.2, 0.25) is 0 Å². The van der Waals surface area contributed by atoms with Crippen molar-refractivity contribution in [2.24, 2.45) is 5.92 Å². The molecule has 0 amide bonds. The van der Waals surface area contributed by atoms with Gasteiger partial charge in [-0.05, 0) is 44.6 Å². The summed E-state index contributed by atoms with van der Waals surface area (Å²) >= 11 is 0. The normalized spacial score (nSPS) is 37.0. The van der Waals surface area contributed by atoms with Crippen LogP contribution in [-0.2, 0) is 9.47 Å². The zero-order valence-corrected chi connectivity index (χ0v) is 12.0. The van der Waals surface area contributed by atoms with Crippen LogP contribution in [0.25, 0.3) is 0 Å². The largest absolute Gasteiger partial charge is 0.376 e. The predicted molar refractivity (Wildman–Crippen MR) is 73.8 cm³/mol. The standard InChI is InChI=1S/C15H29NO2/c1-3-12-7-8-14(16-4-2)15(10-12)18-11-13-6-5-9-17-13/h12-16H,3-11H2,1-2H3. The number of ether oxygens (including phenoxy) is 2. The lowest BCUT2D eigenvalue weighted by Crippen LogP contribution is -2.46. The van der Waals surface area contributed by atoms with Crippen molar-refractivity contribution in [3.8, 4) is 0 Å². The van der Waals surface area contributed by atoms with E-state index in [2.05, 4.69) is 19.2 Å². The second kappa shape index (κ2) is 7.46. The van der Waals surface area contributed by atoms with Gasteiger partial charge in [-0.15, -0.1) is 0 Å². The van der Waals surface area contributed by atoms with Gasteiger partial charge in [-0.25, -0.2) is 0 Å². The molecule has 1 aliphatic carbocycles. The summed E-state index contributed by atoms with van der Waals surface area (Å²) in [5, 5.41) is 3.59. The molecule has 1 N–H and O–H groups in total. The molecule has 2 rings (SSSR count). The maximum absolute atomic E-state index is 6.18. The zero-order chi connectivity index (χ0) is 12.8. The molecule has 1 saturated heterocycles. The van der Waals surface area contributed by atoms with Crippen LogP contribution in [0.1, 0.15) is 52.4 Å². The van der Waals surface area contributed by atoms with Gasteiger partial charge < -0.3 is 14.8 Å². The Kier molecular flexibility index (Phi) is 5.93. The SMILES string of the molecule is CCNC1CCC(CC)CC1OCC1CCCO1. The lowest BCUT2D eigenvalue weighted by Gasteiger charge is -2.36. The van der Waals surface area contributed by atoms with Gasteiger partial charge >= 0.3 is 0 Å². The van der Waals surface area contributed by atoms with Gasteiger partial charge in [-0.2, -0.15) is 0 Å². The highest BCUT2D eigenvalue weighted by Crippen LogP contribution is 2.29. The maximum Gasteiger partial charge on any atom is 0.0809 e. The van der Waals surface area contributed by atoms with Crippen molar-refractivity contribution in [1.82, 2.24) is 5.32 Å². The van der Waals surface area contributed by atoms with E-state index in [0.29, 0.717) is 18.2 Å². The molecular weight excluding hydrogens is 226 g/mol. The van der Waals surface area contributed by atoms with Crippen LogP contribution in [0, 0.1) is 5.92 Å². The predicted octanol–water partition coefficient (Wildman–Crippen LogP) is 2.74. The number of likely N-dealkylation sites (N-methyl/N-ethyl adjacent to an activating group) is 1. The smallest absolute Gasteiger partial charge is 0.0809 e. The van der Waals surface area contributed by atoms with Crippen LogP contribution in [-0.4, -0.2) is 38.0 Å². The minimum absolute atomic E-state index is 0.356. The van der Waals surface area contributed by atoms with Crippen molar-refractivity contribution in [2.45, 2.75) is 70.6 Å². The minimum atomic E-state index is 0.356. The molecule has 1 saturated carbocycles. The average Bonchev–Trinajstić information content (AvgIpc) is 2.91. The molecule has 2 fully saturated rings. The van der Waals surface area contributed by atoms with E-state index >= 15 is 0 Å². The average molecular weight is 255 g/mol. The molecular formula is C15H29NO2. The Morgan fingerprint density at radius 1 is 1.22 bits per heavy atom. The highest BCUT2D eigenvalue weighted by molar-refractivity contribution is 4.85. The van der Waals surface area contributed by atoms with Crippen molar-refractivity contribution in [3.63, 3.8) is 0 Å². The second-order valence-corrected chi connectivity index (χ2v) is 5.76. The quantitative estimate of drug-likeness (QED) is 0.791. The summed E-state index contributed by atoms with van der Waals surface area (Å²) < 4.78 is 11.8. The Balaban J connectivity index is 1.79. The summed E-state index contributed by atoms with van der Waals surface area (Å²) in [6, 6.07) is 0.555. The van der Waals surface area contributed by atoms with Crippen molar-refractivity contribution >= 4 is 0 Å². The number of nitrogens with one attached hydrogen (secondary N) is 1.